The monoisotopic (exact) mass is 234 g/mol. The second-order valence-electron chi connectivity index (χ2n) is 4.43. The fourth-order valence-electron chi connectivity index (χ4n) is 2.27. The Morgan fingerprint density at radius 1 is 1.59 bits per heavy atom. The second-order valence-corrected chi connectivity index (χ2v) is 4.43. The van der Waals surface area contributed by atoms with E-state index < -0.39 is 0 Å². The van der Waals surface area contributed by atoms with Gasteiger partial charge in [0.05, 0.1) is 6.61 Å². The maximum Gasteiger partial charge on any atom is 0.272 e. The van der Waals surface area contributed by atoms with Crippen LogP contribution in [0.15, 0.2) is 24.4 Å². The first kappa shape index (κ1) is 12.0. The number of likely N-dealkylation sites (tertiary alicyclic amines) is 1. The number of pyridine rings is 1. The van der Waals surface area contributed by atoms with Crippen molar-refractivity contribution < 1.29 is 9.53 Å². The van der Waals surface area contributed by atoms with Gasteiger partial charge in [0.15, 0.2) is 0 Å². The van der Waals surface area contributed by atoms with Crippen molar-refractivity contribution in [1.82, 2.24) is 9.88 Å². The van der Waals surface area contributed by atoms with Crippen LogP contribution in [0.25, 0.3) is 0 Å². The van der Waals surface area contributed by atoms with E-state index in [0.717, 1.165) is 32.5 Å². The number of nitrogens with zero attached hydrogens (tertiary/aromatic N) is 2. The van der Waals surface area contributed by atoms with E-state index in [2.05, 4.69) is 4.98 Å². The van der Waals surface area contributed by atoms with E-state index in [0.29, 0.717) is 11.6 Å². The molecule has 1 aliphatic heterocycles. The first-order valence-electron chi connectivity index (χ1n) is 6.00. The Labute approximate surface area is 102 Å². The molecule has 0 aromatic carbocycles. The molecule has 1 unspecified atom stereocenters. The van der Waals surface area contributed by atoms with Crippen LogP contribution < -0.4 is 0 Å². The molecule has 1 amide bonds. The minimum Gasteiger partial charge on any atom is -0.384 e. The van der Waals surface area contributed by atoms with Crippen LogP contribution in [0, 0.1) is 5.92 Å². The van der Waals surface area contributed by atoms with Crippen molar-refractivity contribution in [2.45, 2.75) is 12.8 Å². The van der Waals surface area contributed by atoms with E-state index in [1.165, 1.54) is 0 Å². The molecule has 1 aliphatic rings. The predicted octanol–water partition coefficient (Wildman–Crippen LogP) is 1.58. The zero-order chi connectivity index (χ0) is 12.1. The lowest BCUT2D eigenvalue weighted by molar-refractivity contribution is 0.0565. The molecule has 0 aliphatic carbocycles. The van der Waals surface area contributed by atoms with Crippen molar-refractivity contribution in [2.75, 3.05) is 26.8 Å². The third-order valence-corrected chi connectivity index (χ3v) is 3.09. The Kier molecular flexibility index (Phi) is 4.09. The maximum absolute atomic E-state index is 12.2. The van der Waals surface area contributed by atoms with E-state index >= 15 is 0 Å². The molecule has 1 fully saturated rings. The lowest BCUT2D eigenvalue weighted by Gasteiger charge is -2.32. The van der Waals surface area contributed by atoms with Crippen LogP contribution in [-0.4, -0.2) is 42.6 Å². The number of carbonyl (C=O) groups is 1. The van der Waals surface area contributed by atoms with Crippen LogP contribution in [0.3, 0.4) is 0 Å². The zero-order valence-electron chi connectivity index (χ0n) is 10.1. The first-order valence-corrected chi connectivity index (χ1v) is 6.00. The molecule has 0 N–H and O–H groups in total. The number of aromatic nitrogens is 1. The first-order chi connectivity index (χ1) is 8.31. The summed E-state index contributed by atoms with van der Waals surface area (Å²) in [6, 6.07) is 5.43. The smallest absolute Gasteiger partial charge is 0.272 e. The molecule has 92 valence electrons. The number of ether oxygens (including phenoxy) is 1. The van der Waals surface area contributed by atoms with Crippen molar-refractivity contribution in [3.05, 3.63) is 30.1 Å². The summed E-state index contributed by atoms with van der Waals surface area (Å²) in [4.78, 5) is 18.2. The zero-order valence-corrected chi connectivity index (χ0v) is 10.1. The highest BCUT2D eigenvalue weighted by Gasteiger charge is 2.24. The van der Waals surface area contributed by atoms with Gasteiger partial charge in [-0.2, -0.15) is 0 Å². The van der Waals surface area contributed by atoms with Crippen molar-refractivity contribution in [1.29, 1.82) is 0 Å². The van der Waals surface area contributed by atoms with Gasteiger partial charge in [-0.15, -0.1) is 0 Å². The average molecular weight is 234 g/mol. The van der Waals surface area contributed by atoms with Crippen molar-refractivity contribution in [3.8, 4) is 0 Å². The van der Waals surface area contributed by atoms with E-state index in [1.807, 2.05) is 17.0 Å². The number of amides is 1. The van der Waals surface area contributed by atoms with Gasteiger partial charge >= 0.3 is 0 Å². The lowest BCUT2D eigenvalue weighted by atomic mass is 9.99. The van der Waals surface area contributed by atoms with Gasteiger partial charge < -0.3 is 9.64 Å². The van der Waals surface area contributed by atoms with Gasteiger partial charge in [-0.3, -0.25) is 9.78 Å². The fourth-order valence-corrected chi connectivity index (χ4v) is 2.27. The largest absolute Gasteiger partial charge is 0.384 e. The average Bonchev–Trinajstić information content (AvgIpc) is 2.40. The lowest BCUT2D eigenvalue weighted by Crippen LogP contribution is -2.41. The highest BCUT2D eigenvalue weighted by atomic mass is 16.5. The number of carbonyl (C=O) groups excluding carboxylic acids is 1. The standard InChI is InChI=1S/C13H18N2O2/c1-17-10-11-5-4-8-15(9-11)13(16)12-6-2-3-7-14-12/h2-3,6-7,11H,4-5,8-10H2,1H3. The van der Waals surface area contributed by atoms with Gasteiger partial charge in [-0.05, 0) is 30.9 Å². The Bertz CT molecular complexity index is 365. The van der Waals surface area contributed by atoms with Gasteiger partial charge in [-0.1, -0.05) is 6.07 Å². The van der Waals surface area contributed by atoms with Crippen LogP contribution in [0.1, 0.15) is 23.3 Å². The molecule has 4 nitrogen and oxygen atoms in total. The summed E-state index contributed by atoms with van der Waals surface area (Å²) >= 11 is 0. The third kappa shape index (κ3) is 3.03. The summed E-state index contributed by atoms with van der Waals surface area (Å²) in [6.45, 7) is 2.34. The highest BCUT2D eigenvalue weighted by Crippen LogP contribution is 2.18. The van der Waals surface area contributed by atoms with Crippen molar-refractivity contribution in [3.63, 3.8) is 0 Å². The normalized spacial score (nSPS) is 20.3. The van der Waals surface area contributed by atoms with Gasteiger partial charge in [0.1, 0.15) is 5.69 Å². The van der Waals surface area contributed by atoms with E-state index in [-0.39, 0.29) is 5.91 Å². The van der Waals surface area contributed by atoms with Gasteiger partial charge in [0.25, 0.3) is 5.91 Å². The molecule has 17 heavy (non-hydrogen) atoms. The minimum absolute atomic E-state index is 0.0337. The number of hydrogen-bond donors (Lipinski definition) is 0. The molecule has 1 saturated heterocycles. The third-order valence-electron chi connectivity index (χ3n) is 3.09. The van der Waals surface area contributed by atoms with Crippen LogP contribution in [-0.2, 0) is 4.74 Å². The molecular weight excluding hydrogens is 216 g/mol. The summed E-state index contributed by atoms with van der Waals surface area (Å²) in [6.07, 6.45) is 3.84. The molecule has 1 atom stereocenters. The quantitative estimate of drug-likeness (QED) is 0.797. The predicted molar refractivity (Wildman–Crippen MR) is 64.7 cm³/mol. The SMILES string of the molecule is COCC1CCCN(C(=O)c2ccccn2)C1. The number of rotatable bonds is 3. The maximum atomic E-state index is 12.2. The highest BCUT2D eigenvalue weighted by molar-refractivity contribution is 5.92. The van der Waals surface area contributed by atoms with Crippen molar-refractivity contribution >= 4 is 5.91 Å². The summed E-state index contributed by atoms with van der Waals surface area (Å²) in [7, 11) is 1.71. The Morgan fingerprint density at radius 2 is 2.47 bits per heavy atom. The van der Waals surface area contributed by atoms with Crippen LogP contribution in [0.4, 0.5) is 0 Å². The summed E-state index contributed by atoms with van der Waals surface area (Å²) < 4.78 is 5.16. The molecule has 1 aromatic heterocycles. The molecule has 4 heteroatoms. The summed E-state index contributed by atoms with van der Waals surface area (Å²) in [5.41, 5.74) is 0.533. The molecule has 0 radical (unpaired) electrons. The van der Waals surface area contributed by atoms with Gasteiger partial charge in [-0.25, -0.2) is 0 Å². The Morgan fingerprint density at radius 3 is 3.18 bits per heavy atom. The van der Waals surface area contributed by atoms with Crippen molar-refractivity contribution in [2.24, 2.45) is 5.92 Å². The minimum atomic E-state index is 0.0337. The molecule has 2 rings (SSSR count). The van der Waals surface area contributed by atoms with Gasteiger partial charge in [0.2, 0.25) is 0 Å². The topological polar surface area (TPSA) is 42.4 Å². The molecule has 0 saturated carbocycles. The summed E-state index contributed by atoms with van der Waals surface area (Å²) in [5, 5.41) is 0. The molecule has 0 bridgehead atoms. The number of methoxy groups -OCH3 is 1. The van der Waals surface area contributed by atoms with Crippen LogP contribution in [0.2, 0.25) is 0 Å². The molecule has 1 aromatic rings. The Balaban J connectivity index is 2.00. The number of piperidine rings is 1. The molecule has 2 heterocycles. The molecule has 0 spiro atoms. The number of hydrogen-bond acceptors (Lipinski definition) is 3. The van der Waals surface area contributed by atoms with E-state index in [9.17, 15) is 4.79 Å². The fraction of sp³-hybridized carbons (Fsp3) is 0.538. The van der Waals surface area contributed by atoms with Gasteiger partial charge in [0, 0.05) is 26.4 Å². The Hall–Kier alpha value is -1.42. The summed E-state index contributed by atoms with van der Waals surface area (Å²) in [5.74, 6) is 0.493. The molecular formula is C13H18N2O2. The van der Waals surface area contributed by atoms with Crippen LogP contribution >= 0.6 is 0 Å². The van der Waals surface area contributed by atoms with E-state index in [4.69, 9.17) is 4.74 Å². The second kappa shape index (κ2) is 5.77. The van der Waals surface area contributed by atoms with E-state index in [1.54, 1.807) is 19.4 Å². The van der Waals surface area contributed by atoms with Crippen LogP contribution in [0.5, 0.6) is 0 Å².